The third-order valence-corrected chi connectivity index (χ3v) is 3.32. The van der Waals surface area contributed by atoms with Gasteiger partial charge in [0.15, 0.2) is 10.2 Å². The van der Waals surface area contributed by atoms with Crippen molar-refractivity contribution in [1.82, 2.24) is 4.98 Å². The number of anilines is 1. The number of rotatable bonds is 5. The normalized spacial score (nSPS) is 16.4. The minimum absolute atomic E-state index is 0.662. The molecule has 0 spiro atoms. The monoisotopic (exact) mass is 243 g/mol. The van der Waals surface area contributed by atoms with Crippen molar-refractivity contribution in [2.45, 2.75) is 6.42 Å². The van der Waals surface area contributed by atoms with Crippen LogP contribution in [0.15, 0.2) is 6.20 Å². The van der Waals surface area contributed by atoms with Gasteiger partial charge in [-0.15, -0.1) is 0 Å². The molecule has 2 N–H and O–H groups in total. The lowest BCUT2D eigenvalue weighted by atomic mass is 10.5. The van der Waals surface area contributed by atoms with E-state index in [1.807, 2.05) is 0 Å². The Balaban J connectivity index is 1.85. The number of hydrogen-bond donors (Lipinski definition) is 1. The van der Waals surface area contributed by atoms with Crippen LogP contribution in [0.25, 0.3) is 0 Å². The third-order valence-electron chi connectivity index (χ3n) is 2.35. The molecule has 0 bridgehead atoms. The summed E-state index contributed by atoms with van der Waals surface area (Å²) in [6, 6.07) is 0. The summed E-state index contributed by atoms with van der Waals surface area (Å²) in [5.74, 6) is 0. The molecular weight excluding hydrogens is 226 g/mol. The first-order valence-electron chi connectivity index (χ1n) is 5.51. The van der Waals surface area contributed by atoms with Gasteiger partial charge in [0.1, 0.15) is 0 Å². The fraction of sp³-hybridized carbons (Fsp3) is 0.700. The second-order valence-corrected chi connectivity index (χ2v) is 4.52. The number of thiazole rings is 1. The maximum atomic E-state index is 5.54. The van der Waals surface area contributed by atoms with Gasteiger partial charge >= 0.3 is 0 Å². The summed E-state index contributed by atoms with van der Waals surface area (Å²) in [6.07, 6.45) is 2.66. The van der Waals surface area contributed by atoms with Gasteiger partial charge in [-0.3, -0.25) is 0 Å². The Hall–Kier alpha value is -0.850. The van der Waals surface area contributed by atoms with Crippen LogP contribution in [-0.4, -0.2) is 44.4 Å². The molecule has 0 aliphatic carbocycles. The van der Waals surface area contributed by atoms with Crippen LogP contribution in [0.1, 0.15) is 6.42 Å². The average molecular weight is 243 g/mol. The van der Waals surface area contributed by atoms with Crippen molar-refractivity contribution in [3.63, 3.8) is 0 Å². The predicted octanol–water partition coefficient (Wildman–Crippen LogP) is 0.707. The zero-order valence-corrected chi connectivity index (χ0v) is 10.0. The summed E-state index contributed by atoms with van der Waals surface area (Å²) in [5, 5.41) is 1.89. The highest BCUT2D eigenvalue weighted by atomic mass is 32.1. The number of nitrogens with two attached hydrogens (primary N) is 1. The summed E-state index contributed by atoms with van der Waals surface area (Å²) < 4.78 is 10.8. The fourth-order valence-corrected chi connectivity index (χ4v) is 2.32. The van der Waals surface area contributed by atoms with Crippen LogP contribution in [0.4, 0.5) is 5.13 Å². The largest absolute Gasteiger partial charge is 0.483 e. The molecular formula is C10H17N3O2S. The van der Waals surface area contributed by atoms with Crippen LogP contribution in [-0.2, 0) is 4.74 Å². The lowest BCUT2D eigenvalue weighted by Gasteiger charge is -2.25. The van der Waals surface area contributed by atoms with E-state index in [4.69, 9.17) is 15.2 Å². The van der Waals surface area contributed by atoms with Gasteiger partial charge in [-0.2, -0.15) is 0 Å². The van der Waals surface area contributed by atoms with Crippen LogP contribution >= 0.6 is 11.3 Å². The van der Waals surface area contributed by atoms with Crippen molar-refractivity contribution in [2.24, 2.45) is 5.73 Å². The second-order valence-electron chi connectivity index (χ2n) is 3.55. The van der Waals surface area contributed by atoms with E-state index in [0.717, 1.165) is 42.9 Å². The molecule has 0 unspecified atom stereocenters. The van der Waals surface area contributed by atoms with Gasteiger partial charge < -0.3 is 20.1 Å². The molecule has 6 heteroatoms. The zero-order chi connectivity index (χ0) is 11.2. The zero-order valence-electron chi connectivity index (χ0n) is 9.22. The van der Waals surface area contributed by atoms with Crippen molar-refractivity contribution < 1.29 is 9.47 Å². The molecule has 2 heterocycles. The van der Waals surface area contributed by atoms with Gasteiger partial charge in [-0.1, -0.05) is 11.3 Å². The molecule has 0 atom stereocenters. The van der Waals surface area contributed by atoms with Crippen molar-refractivity contribution in [2.75, 3.05) is 44.4 Å². The van der Waals surface area contributed by atoms with Crippen molar-refractivity contribution in [3.05, 3.63) is 6.20 Å². The lowest BCUT2D eigenvalue weighted by molar-refractivity contribution is 0.122. The quantitative estimate of drug-likeness (QED) is 0.772. The van der Waals surface area contributed by atoms with Gasteiger partial charge in [0.05, 0.1) is 26.0 Å². The highest BCUT2D eigenvalue weighted by molar-refractivity contribution is 7.17. The van der Waals surface area contributed by atoms with E-state index in [9.17, 15) is 0 Å². The highest BCUT2D eigenvalue weighted by Crippen LogP contribution is 2.29. The summed E-state index contributed by atoms with van der Waals surface area (Å²) in [7, 11) is 0. The summed E-state index contributed by atoms with van der Waals surface area (Å²) >= 11 is 1.59. The molecule has 2 rings (SSSR count). The Morgan fingerprint density at radius 2 is 2.31 bits per heavy atom. The van der Waals surface area contributed by atoms with Crippen LogP contribution < -0.4 is 15.4 Å². The molecule has 0 amide bonds. The number of nitrogens with zero attached hydrogens (tertiary/aromatic N) is 2. The Bertz CT molecular complexity index is 313. The van der Waals surface area contributed by atoms with E-state index >= 15 is 0 Å². The van der Waals surface area contributed by atoms with Crippen LogP contribution in [0.3, 0.4) is 0 Å². The lowest BCUT2D eigenvalue weighted by Crippen LogP contribution is -2.36. The molecule has 90 valence electrons. The number of aromatic nitrogens is 1. The molecule has 1 saturated heterocycles. The highest BCUT2D eigenvalue weighted by Gasteiger charge is 2.14. The van der Waals surface area contributed by atoms with Gasteiger partial charge in [-0.25, -0.2) is 4.98 Å². The van der Waals surface area contributed by atoms with Crippen molar-refractivity contribution >= 4 is 16.5 Å². The molecule has 0 aromatic carbocycles. The molecule has 1 aromatic heterocycles. The van der Waals surface area contributed by atoms with E-state index in [1.165, 1.54) is 0 Å². The number of hydrogen-bond acceptors (Lipinski definition) is 6. The topological polar surface area (TPSA) is 60.6 Å². The van der Waals surface area contributed by atoms with E-state index in [2.05, 4.69) is 9.88 Å². The van der Waals surface area contributed by atoms with Gasteiger partial charge in [0.25, 0.3) is 0 Å². The number of morpholine rings is 1. The molecule has 0 radical (unpaired) electrons. The predicted molar refractivity (Wildman–Crippen MR) is 64.3 cm³/mol. The second kappa shape index (κ2) is 6.03. The van der Waals surface area contributed by atoms with E-state index in [0.29, 0.717) is 13.2 Å². The Morgan fingerprint density at radius 1 is 1.50 bits per heavy atom. The first kappa shape index (κ1) is 11.6. The molecule has 5 nitrogen and oxygen atoms in total. The minimum atomic E-state index is 0.662. The average Bonchev–Trinajstić information content (AvgIpc) is 2.79. The van der Waals surface area contributed by atoms with E-state index < -0.39 is 0 Å². The maximum Gasteiger partial charge on any atom is 0.195 e. The minimum Gasteiger partial charge on any atom is -0.483 e. The van der Waals surface area contributed by atoms with Gasteiger partial charge in [-0.05, 0) is 13.0 Å². The summed E-state index contributed by atoms with van der Waals surface area (Å²) in [4.78, 5) is 6.58. The molecule has 0 saturated carbocycles. The van der Waals surface area contributed by atoms with Crippen molar-refractivity contribution in [1.29, 1.82) is 0 Å². The maximum absolute atomic E-state index is 5.54. The van der Waals surface area contributed by atoms with Gasteiger partial charge in [0.2, 0.25) is 0 Å². The smallest absolute Gasteiger partial charge is 0.195 e. The molecule has 1 fully saturated rings. The van der Waals surface area contributed by atoms with Crippen LogP contribution in [0, 0.1) is 0 Å². The van der Waals surface area contributed by atoms with Crippen LogP contribution in [0.5, 0.6) is 5.06 Å². The molecule has 16 heavy (non-hydrogen) atoms. The first-order valence-corrected chi connectivity index (χ1v) is 6.33. The number of ether oxygens (including phenoxy) is 2. The molecule has 1 aliphatic heterocycles. The SMILES string of the molecule is NCCCOc1cnc(N2CCOCC2)s1. The van der Waals surface area contributed by atoms with Gasteiger partial charge in [0, 0.05) is 13.1 Å². The first-order chi connectivity index (χ1) is 7.90. The summed E-state index contributed by atoms with van der Waals surface area (Å²) in [5.41, 5.74) is 5.40. The Morgan fingerprint density at radius 3 is 3.06 bits per heavy atom. The molecule has 1 aromatic rings. The Labute approximate surface area is 99.2 Å². The van der Waals surface area contributed by atoms with Crippen molar-refractivity contribution in [3.8, 4) is 5.06 Å². The van der Waals surface area contributed by atoms with E-state index in [-0.39, 0.29) is 0 Å². The Kier molecular flexibility index (Phi) is 4.38. The standard InChI is InChI=1S/C10H17N3O2S/c11-2-1-5-15-9-8-12-10(16-9)13-3-6-14-7-4-13/h8H,1-7,11H2. The third kappa shape index (κ3) is 3.07. The molecule has 1 aliphatic rings. The fourth-order valence-electron chi connectivity index (χ4n) is 1.47. The van der Waals surface area contributed by atoms with E-state index in [1.54, 1.807) is 17.5 Å². The summed E-state index contributed by atoms with van der Waals surface area (Å²) in [6.45, 7) is 4.72. The van der Waals surface area contributed by atoms with Crippen LogP contribution in [0.2, 0.25) is 0 Å².